The van der Waals surface area contributed by atoms with Gasteiger partial charge >= 0.3 is 0 Å². The zero-order valence-corrected chi connectivity index (χ0v) is 12.0. The van der Waals surface area contributed by atoms with Crippen LogP contribution in [0.2, 0.25) is 0 Å². The van der Waals surface area contributed by atoms with Gasteiger partial charge in [0.15, 0.2) is 0 Å². The van der Waals surface area contributed by atoms with Crippen molar-refractivity contribution >= 4 is 20.2 Å². The third-order valence-corrected chi connectivity index (χ3v) is 4.76. The fourth-order valence-electron chi connectivity index (χ4n) is 1.52. The highest BCUT2D eigenvalue weighted by Crippen LogP contribution is 1.99. The van der Waals surface area contributed by atoms with Crippen LogP contribution in [0.4, 0.5) is 0 Å². The van der Waals surface area contributed by atoms with Crippen LogP contribution in [0.3, 0.4) is 0 Å². The summed E-state index contributed by atoms with van der Waals surface area (Å²) < 4.78 is 51.3. The summed E-state index contributed by atoms with van der Waals surface area (Å²) in [4.78, 5) is 0. The standard InChI is InChI=1S/C8H20N4O4S2/c1-17(13,14)10-3-2-4-11-18(15,16)12-7-5-9-6-8-12/h9-11H,2-8H2,1H3. The SMILES string of the molecule is CS(=O)(=O)NCCCNS(=O)(=O)N1CCNCC1. The van der Waals surface area contributed by atoms with Crippen LogP contribution in [0.5, 0.6) is 0 Å². The van der Waals surface area contributed by atoms with Crippen molar-refractivity contribution in [1.82, 2.24) is 19.1 Å². The largest absolute Gasteiger partial charge is 0.314 e. The van der Waals surface area contributed by atoms with Gasteiger partial charge in [0.1, 0.15) is 0 Å². The van der Waals surface area contributed by atoms with Gasteiger partial charge in [-0.2, -0.15) is 12.7 Å². The van der Waals surface area contributed by atoms with Crippen LogP contribution < -0.4 is 14.8 Å². The molecule has 0 aromatic heterocycles. The van der Waals surface area contributed by atoms with Crippen molar-refractivity contribution < 1.29 is 16.8 Å². The zero-order valence-electron chi connectivity index (χ0n) is 10.3. The van der Waals surface area contributed by atoms with Crippen LogP contribution in [0.15, 0.2) is 0 Å². The van der Waals surface area contributed by atoms with Crippen molar-refractivity contribution in [2.24, 2.45) is 0 Å². The molecule has 0 bridgehead atoms. The van der Waals surface area contributed by atoms with Gasteiger partial charge in [0, 0.05) is 39.3 Å². The molecule has 1 aliphatic rings. The molecule has 108 valence electrons. The van der Waals surface area contributed by atoms with Gasteiger partial charge in [-0.25, -0.2) is 17.9 Å². The number of piperazine rings is 1. The van der Waals surface area contributed by atoms with E-state index in [2.05, 4.69) is 14.8 Å². The lowest BCUT2D eigenvalue weighted by Gasteiger charge is -2.26. The summed E-state index contributed by atoms with van der Waals surface area (Å²) in [6, 6.07) is 0. The molecular formula is C8H20N4O4S2. The minimum absolute atomic E-state index is 0.217. The number of rotatable bonds is 7. The predicted molar refractivity (Wildman–Crippen MR) is 68.8 cm³/mol. The molecular weight excluding hydrogens is 280 g/mol. The molecule has 10 heteroatoms. The summed E-state index contributed by atoms with van der Waals surface area (Å²) in [6.07, 6.45) is 1.48. The van der Waals surface area contributed by atoms with E-state index in [0.717, 1.165) is 6.26 Å². The lowest BCUT2D eigenvalue weighted by atomic mass is 10.4. The molecule has 18 heavy (non-hydrogen) atoms. The number of nitrogens with zero attached hydrogens (tertiary/aromatic N) is 1. The average molecular weight is 300 g/mol. The lowest BCUT2D eigenvalue weighted by molar-refractivity contribution is 0.355. The van der Waals surface area contributed by atoms with E-state index >= 15 is 0 Å². The minimum Gasteiger partial charge on any atom is -0.314 e. The molecule has 1 saturated heterocycles. The summed E-state index contributed by atoms with van der Waals surface area (Å²) in [5.74, 6) is 0. The van der Waals surface area contributed by atoms with E-state index in [9.17, 15) is 16.8 Å². The fraction of sp³-hybridized carbons (Fsp3) is 1.00. The molecule has 0 radical (unpaired) electrons. The first-order chi connectivity index (χ1) is 8.31. The molecule has 8 nitrogen and oxygen atoms in total. The predicted octanol–water partition coefficient (Wildman–Crippen LogP) is -2.33. The van der Waals surface area contributed by atoms with Gasteiger partial charge in [-0.3, -0.25) is 0 Å². The monoisotopic (exact) mass is 300 g/mol. The Labute approximate surface area is 108 Å². The van der Waals surface area contributed by atoms with Gasteiger partial charge in [-0.1, -0.05) is 0 Å². The van der Waals surface area contributed by atoms with E-state index in [1.807, 2.05) is 0 Å². The van der Waals surface area contributed by atoms with Crippen LogP contribution in [-0.4, -0.2) is 66.7 Å². The molecule has 0 saturated carbocycles. The second kappa shape index (κ2) is 6.78. The Bertz CT molecular complexity index is 442. The Kier molecular flexibility index (Phi) is 5.95. The van der Waals surface area contributed by atoms with Gasteiger partial charge in [0.2, 0.25) is 10.0 Å². The Morgan fingerprint density at radius 3 is 2.17 bits per heavy atom. The minimum atomic E-state index is -3.43. The van der Waals surface area contributed by atoms with Crippen LogP contribution >= 0.6 is 0 Å². The van der Waals surface area contributed by atoms with Crippen LogP contribution in [0, 0.1) is 0 Å². The van der Waals surface area contributed by atoms with E-state index in [0.29, 0.717) is 32.6 Å². The second-order valence-corrected chi connectivity index (χ2v) is 7.66. The zero-order chi connectivity index (χ0) is 13.6. The first-order valence-electron chi connectivity index (χ1n) is 5.71. The molecule has 1 aliphatic heterocycles. The highest BCUT2D eigenvalue weighted by Gasteiger charge is 2.22. The summed E-state index contributed by atoms with van der Waals surface area (Å²) >= 11 is 0. The normalized spacial score (nSPS) is 18.9. The molecule has 1 rings (SSSR count). The second-order valence-electron chi connectivity index (χ2n) is 4.07. The number of nitrogens with one attached hydrogen (secondary N) is 3. The van der Waals surface area contributed by atoms with E-state index in [1.165, 1.54) is 4.31 Å². The van der Waals surface area contributed by atoms with Gasteiger partial charge < -0.3 is 5.32 Å². The summed E-state index contributed by atoms with van der Waals surface area (Å²) in [5, 5.41) is 3.07. The maximum atomic E-state index is 11.8. The number of sulfonamides is 1. The van der Waals surface area contributed by atoms with Gasteiger partial charge in [-0.15, -0.1) is 0 Å². The molecule has 0 unspecified atom stereocenters. The van der Waals surface area contributed by atoms with Crippen LogP contribution in [0.1, 0.15) is 6.42 Å². The third-order valence-electron chi connectivity index (χ3n) is 2.42. The maximum Gasteiger partial charge on any atom is 0.279 e. The topological polar surface area (TPSA) is 108 Å². The van der Waals surface area contributed by atoms with Crippen molar-refractivity contribution in [2.45, 2.75) is 6.42 Å². The molecule has 0 aliphatic carbocycles. The Hall–Kier alpha value is -0.260. The molecule has 0 amide bonds. The molecule has 0 atom stereocenters. The maximum absolute atomic E-state index is 11.8. The van der Waals surface area contributed by atoms with Gasteiger partial charge in [-0.05, 0) is 6.42 Å². The molecule has 1 heterocycles. The first-order valence-corrected chi connectivity index (χ1v) is 9.04. The number of hydrogen-bond donors (Lipinski definition) is 3. The highest BCUT2D eigenvalue weighted by molar-refractivity contribution is 7.88. The molecule has 3 N–H and O–H groups in total. The summed E-state index contributed by atoms with van der Waals surface area (Å²) in [6.45, 7) is 2.65. The Morgan fingerprint density at radius 1 is 1.06 bits per heavy atom. The van der Waals surface area contributed by atoms with Crippen molar-refractivity contribution in [2.75, 3.05) is 45.5 Å². The van der Waals surface area contributed by atoms with Crippen molar-refractivity contribution in [3.8, 4) is 0 Å². The fourth-order valence-corrected chi connectivity index (χ4v) is 3.29. The van der Waals surface area contributed by atoms with Crippen molar-refractivity contribution in [1.29, 1.82) is 0 Å². The number of hydrogen-bond acceptors (Lipinski definition) is 5. The van der Waals surface area contributed by atoms with E-state index in [1.54, 1.807) is 0 Å². The quantitative estimate of drug-likeness (QED) is 0.457. The Balaban J connectivity index is 2.25. The first kappa shape index (κ1) is 15.8. The van der Waals surface area contributed by atoms with Crippen LogP contribution in [0.25, 0.3) is 0 Å². The lowest BCUT2D eigenvalue weighted by Crippen LogP contribution is -2.50. The molecule has 0 aromatic rings. The average Bonchev–Trinajstić information content (AvgIpc) is 2.28. The summed E-state index contributed by atoms with van der Waals surface area (Å²) in [5.41, 5.74) is 0. The van der Waals surface area contributed by atoms with Gasteiger partial charge in [0.05, 0.1) is 6.26 Å². The van der Waals surface area contributed by atoms with Crippen molar-refractivity contribution in [3.63, 3.8) is 0 Å². The van der Waals surface area contributed by atoms with E-state index < -0.39 is 20.2 Å². The summed E-state index contributed by atoms with van der Waals surface area (Å²) in [7, 11) is -6.64. The van der Waals surface area contributed by atoms with E-state index in [-0.39, 0.29) is 13.1 Å². The van der Waals surface area contributed by atoms with Gasteiger partial charge in [0.25, 0.3) is 10.2 Å². The van der Waals surface area contributed by atoms with Crippen LogP contribution in [-0.2, 0) is 20.2 Å². The third kappa shape index (κ3) is 6.07. The molecule has 1 fully saturated rings. The highest BCUT2D eigenvalue weighted by atomic mass is 32.2. The Morgan fingerprint density at radius 2 is 1.61 bits per heavy atom. The molecule has 0 spiro atoms. The molecule has 0 aromatic carbocycles. The van der Waals surface area contributed by atoms with E-state index in [4.69, 9.17) is 0 Å². The van der Waals surface area contributed by atoms with Crippen molar-refractivity contribution in [3.05, 3.63) is 0 Å². The smallest absolute Gasteiger partial charge is 0.279 e.